The lowest BCUT2D eigenvalue weighted by atomic mass is 10.1. The normalized spacial score (nSPS) is 25.1. The molecule has 9 heteroatoms. The molecule has 1 fully saturated rings. The molecule has 1 saturated heterocycles. The number of fused-ring (bicyclic) bond motifs is 3. The number of thiophene rings is 1. The molecule has 5 rings (SSSR count). The Labute approximate surface area is 167 Å². The first kappa shape index (κ1) is 18.0. The molecular weight excluding hydrogens is 405 g/mol. The van der Waals surface area contributed by atoms with Gasteiger partial charge in [-0.05, 0) is 29.6 Å². The second-order valence-electron chi connectivity index (χ2n) is 6.65. The maximum atomic E-state index is 14.9. The summed E-state index contributed by atoms with van der Waals surface area (Å²) in [5, 5.41) is 25.5. The predicted molar refractivity (Wildman–Crippen MR) is 105 cm³/mol. The van der Waals surface area contributed by atoms with Crippen molar-refractivity contribution in [1.29, 1.82) is 0 Å². The maximum Gasteiger partial charge on any atom is 0.173 e. The van der Waals surface area contributed by atoms with Crippen molar-refractivity contribution in [2.24, 2.45) is 0 Å². The number of aliphatic hydroxyl groups excluding tert-OH is 2. The molecule has 0 spiro atoms. The number of rotatable bonds is 3. The molecule has 0 radical (unpaired) electrons. The third kappa shape index (κ3) is 2.57. The first-order chi connectivity index (χ1) is 13.6. The fraction of sp³-hybridized carbons (Fsp3) is 0.263. The molecule has 144 valence electrons. The first-order valence-corrected chi connectivity index (χ1v) is 9.97. The van der Waals surface area contributed by atoms with Crippen molar-refractivity contribution in [3.8, 4) is 11.3 Å². The summed E-state index contributed by atoms with van der Waals surface area (Å²) in [6.45, 7) is -0.476. The van der Waals surface area contributed by atoms with Crippen LogP contribution < -0.4 is 0 Å². The molecule has 4 atom stereocenters. The summed E-state index contributed by atoms with van der Waals surface area (Å²) in [4.78, 5) is 8.84. The molecule has 28 heavy (non-hydrogen) atoms. The Balaban J connectivity index is 1.84. The number of benzene rings is 1. The van der Waals surface area contributed by atoms with E-state index >= 15 is 0 Å². The van der Waals surface area contributed by atoms with Crippen LogP contribution in [0.4, 0.5) is 4.39 Å². The van der Waals surface area contributed by atoms with Crippen molar-refractivity contribution in [3.63, 3.8) is 0 Å². The fourth-order valence-corrected chi connectivity index (χ4v) is 4.59. The number of nitrogens with zero attached hydrogens (tertiary/aromatic N) is 3. The first-order valence-electron chi connectivity index (χ1n) is 8.65. The molecule has 4 heterocycles. The minimum atomic E-state index is -1.72. The van der Waals surface area contributed by atoms with E-state index in [1.54, 1.807) is 34.1 Å². The van der Waals surface area contributed by atoms with Gasteiger partial charge in [0.1, 0.15) is 24.2 Å². The van der Waals surface area contributed by atoms with Gasteiger partial charge in [0.15, 0.2) is 12.4 Å². The van der Waals surface area contributed by atoms with Gasteiger partial charge in [0.2, 0.25) is 0 Å². The van der Waals surface area contributed by atoms with E-state index in [0.29, 0.717) is 21.9 Å². The van der Waals surface area contributed by atoms with Crippen molar-refractivity contribution in [3.05, 3.63) is 46.4 Å². The van der Waals surface area contributed by atoms with Crippen LogP contribution in [-0.2, 0) is 4.74 Å². The maximum absolute atomic E-state index is 14.9. The third-order valence-corrected chi connectivity index (χ3v) is 5.98. The van der Waals surface area contributed by atoms with Gasteiger partial charge in [-0.1, -0.05) is 11.6 Å². The second-order valence-corrected chi connectivity index (χ2v) is 7.86. The average Bonchev–Trinajstić information content (AvgIpc) is 3.40. The Morgan fingerprint density at radius 1 is 1.29 bits per heavy atom. The standard InChI is InChI=1S/C19H15ClFN3O3S/c20-10-1-2-12-11(5-10)14-16(9-3-4-28-7-9)22-8-23-18(14)24(12)19-15(21)17(26)13(6-25)27-19/h1-5,7-8,13,15,17,19,25-26H,6H2/t13-,15-,17-,19-/m1/s1. The highest BCUT2D eigenvalue weighted by atomic mass is 35.5. The molecule has 3 aromatic heterocycles. The Morgan fingerprint density at radius 3 is 2.86 bits per heavy atom. The van der Waals surface area contributed by atoms with Crippen LogP contribution >= 0.6 is 22.9 Å². The highest BCUT2D eigenvalue weighted by Gasteiger charge is 2.46. The Morgan fingerprint density at radius 2 is 2.14 bits per heavy atom. The fourth-order valence-electron chi connectivity index (χ4n) is 3.78. The van der Waals surface area contributed by atoms with E-state index in [0.717, 1.165) is 16.3 Å². The van der Waals surface area contributed by atoms with Gasteiger partial charge < -0.3 is 14.9 Å². The summed E-state index contributed by atoms with van der Waals surface area (Å²) < 4.78 is 22.2. The van der Waals surface area contributed by atoms with Crippen LogP contribution in [-0.4, -0.2) is 49.7 Å². The van der Waals surface area contributed by atoms with Crippen LogP contribution in [0, 0.1) is 0 Å². The van der Waals surface area contributed by atoms with Gasteiger partial charge >= 0.3 is 0 Å². The van der Waals surface area contributed by atoms with E-state index < -0.39 is 31.2 Å². The van der Waals surface area contributed by atoms with Gasteiger partial charge in [-0.25, -0.2) is 14.4 Å². The molecule has 1 aliphatic rings. The molecule has 2 N–H and O–H groups in total. The van der Waals surface area contributed by atoms with E-state index in [1.165, 1.54) is 6.33 Å². The van der Waals surface area contributed by atoms with Crippen molar-refractivity contribution in [2.45, 2.75) is 24.6 Å². The van der Waals surface area contributed by atoms with Crippen LogP contribution in [0.1, 0.15) is 6.23 Å². The summed E-state index contributed by atoms with van der Waals surface area (Å²) >= 11 is 7.79. The van der Waals surface area contributed by atoms with Gasteiger partial charge in [0.05, 0.1) is 23.2 Å². The summed E-state index contributed by atoms with van der Waals surface area (Å²) in [6, 6.07) is 7.22. The SMILES string of the molecule is OC[C@H]1O[C@@H](n2c3ccc(Cl)cc3c3c(-c4ccsc4)ncnc32)[C@H](F)[C@@H]1O. The molecule has 0 saturated carbocycles. The zero-order valence-electron chi connectivity index (χ0n) is 14.4. The predicted octanol–water partition coefficient (Wildman–Crippen LogP) is 3.56. The average molecular weight is 420 g/mol. The van der Waals surface area contributed by atoms with E-state index in [9.17, 15) is 14.6 Å². The Kier molecular flexibility index (Phi) is 4.33. The number of alkyl halides is 1. The van der Waals surface area contributed by atoms with E-state index in [2.05, 4.69) is 9.97 Å². The van der Waals surface area contributed by atoms with Crippen LogP contribution in [0.25, 0.3) is 33.2 Å². The minimum Gasteiger partial charge on any atom is -0.394 e. The van der Waals surface area contributed by atoms with Gasteiger partial charge in [-0.3, -0.25) is 4.57 Å². The van der Waals surface area contributed by atoms with Crippen molar-refractivity contribution in [2.75, 3.05) is 6.61 Å². The highest BCUT2D eigenvalue weighted by molar-refractivity contribution is 7.08. The number of hydrogen-bond acceptors (Lipinski definition) is 6. The topological polar surface area (TPSA) is 80.4 Å². The lowest BCUT2D eigenvalue weighted by Crippen LogP contribution is -2.30. The van der Waals surface area contributed by atoms with Gasteiger partial charge in [-0.15, -0.1) is 0 Å². The van der Waals surface area contributed by atoms with Crippen molar-refractivity contribution < 1.29 is 19.3 Å². The molecule has 0 bridgehead atoms. The number of aliphatic hydroxyl groups is 2. The summed E-state index contributed by atoms with van der Waals surface area (Å²) in [7, 11) is 0. The molecular formula is C19H15ClFN3O3S. The monoisotopic (exact) mass is 419 g/mol. The van der Waals surface area contributed by atoms with Gasteiger partial charge in [-0.2, -0.15) is 11.3 Å². The number of halogens is 2. The van der Waals surface area contributed by atoms with E-state index in [1.807, 2.05) is 16.8 Å². The highest BCUT2D eigenvalue weighted by Crippen LogP contribution is 2.41. The largest absolute Gasteiger partial charge is 0.394 e. The van der Waals surface area contributed by atoms with Crippen molar-refractivity contribution >= 4 is 44.9 Å². The summed E-state index contributed by atoms with van der Waals surface area (Å²) in [5.74, 6) is 0. The minimum absolute atomic E-state index is 0.476. The number of aromatic nitrogens is 3. The molecule has 1 aliphatic heterocycles. The Bertz CT molecular complexity index is 1170. The third-order valence-electron chi connectivity index (χ3n) is 5.07. The molecule has 6 nitrogen and oxygen atoms in total. The molecule has 1 aromatic carbocycles. The zero-order valence-corrected chi connectivity index (χ0v) is 15.9. The number of hydrogen-bond donors (Lipinski definition) is 2. The van der Waals surface area contributed by atoms with Crippen LogP contribution in [0.3, 0.4) is 0 Å². The molecule has 0 aliphatic carbocycles. The second kappa shape index (κ2) is 6.75. The smallest absolute Gasteiger partial charge is 0.173 e. The van der Waals surface area contributed by atoms with Gasteiger partial charge in [0.25, 0.3) is 0 Å². The zero-order chi connectivity index (χ0) is 19.4. The lowest BCUT2D eigenvalue weighted by Gasteiger charge is -2.17. The summed E-state index contributed by atoms with van der Waals surface area (Å²) in [5.41, 5.74) is 2.78. The van der Waals surface area contributed by atoms with Crippen LogP contribution in [0.5, 0.6) is 0 Å². The summed E-state index contributed by atoms with van der Waals surface area (Å²) in [6.07, 6.45) is -3.84. The van der Waals surface area contributed by atoms with E-state index in [-0.39, 0.29) is 0 Å². The van der Waals surface area contributed by atoms with Crippen LogP contribution in [0.15, 0.2) is 41.4 Å². The molecule has 0 amide bonds. The van der Waals surface area contributed by atoms with Crippen molar-refractivity contribution in [1.82, 2.24) is 14.5 Å². The molecule has 4 aromatic rings. The van der Waals surface area contributed by atoms with Crippen LogP contribution in [0.2, 0.25) is 5.02 Å². The lowest BCUT2D eigenvalue weighted by molar-refractivity contribution is -0.0442. The quantitative estimate of drug-likeness (QED) is 0.530. The Hall–Kier alpha value is -2.10. The van der Waals surface area contributed by atoms with Gasteiger partial charge in [0, 0.05) is 21.4 Å². The van der Waals surface area contributed by atoms with E-state index in [4.69, 9.17) is 16.3 Å². The molecule has 0 unspecified atom stereocenters. The number of ether oxygens (including phenoxy) is 1.